The van der Waals surface area contributed by atoms with Gasteiger partial charge in [-0.1, -0.05) is 36.4 Å². The minimum Gasteiger partial charge on any atom is -0.493 e. The number of carboxylic acid groups (broad SMARTS) is 1. The molecule has 0 heterocycles. The maximum Gasteiger partial charge on any atom is 0.332 e. The van der Waals surface area contributed by atoms with Gasteiger partial charge >= 0.3 is 5.97 Å². The minimum atomic E-state index is -1.47. The van der Waals surface area contributed by atoms with E-state index in [1.807, 2.05) is 18.2 Å². The molecule has 0 aliphatic rings. The van der Waals surface area contributed by atoms with Crippen molar-refractivity contribution in [2.45, 2.75) is 18.9 Å². The number of aliphatic hydroxyl groups is 1. The van der Waals surface area contributed by atoms with Crippen LogP contribution in [0.1, 0.15) is 27.9 Å². The first kappa shape index (κ1) is 23.8. The molecule has 0 fully saturated rings. The number of carboxylic acids is 1. The van der Waals surface area contributed by atoms with Gasteiger partial charge in [0.2, 0.25) is 0 Å². The molecule has 0 aliphatic carbocycles. The summed E-state index contributed by atoms with van der Waals surface area (Å²) >= 11 is 0. The van der Waals surface area contributed by atoms with Crippen molar-refractivity contribution < 1.29 is 34.0 Å². The Kier molecular flexibility index (Phi) is 8.43. The zero-order chi connectivity index (χ0) is 23.6. The van der Waals surface area contributed by atoms with Gasteiger partial charge < -0.3 is 24.4 Å². The normalized spacial score (nSPS) is 11.5. The molecule has 0 radical (unpaired) electrons. The van der Waals surface area contributed by atoms with E-state index in [2.05, 4.69) is 0 Å². The first-order valence-electron chi connectivity index (χ1n) is 10.5. The minimum absolute atomic E-state index is 0.0183. The molecule has 3 rings (SSSR count). The molecule has 0 aliphatic heterocycles. The molecule has 3 aromatic rings. The largest absolute Gasteiger partial charge is 0.493 e. The fraction of sp³-hybridized carbons (Fsp3) is 0.231. The van der Waals surface area contributed by atoms with Crippen molar-refractivity contribution in [1.29, 1.82) is 0 Å². The molecule has 7 nitrogen and oxygen atoms in total. The molecule has 1 atom stereocenters. The van der Waals surface area contributed by atoms with E-state index in [0.717, 1.165) is 0 Å². The van der Waals surface area contributed by atoms with E-state index in [4.69, 9.17) is 19.3 Å². The van der Waals surface area contributed by atoms with Crippen LogP contribution in [0.5, 0.6) is 17.2 Å². The second-order valence-corrected chi connectivity index (χ2v) is 7.31. The van der Waals surface area contributed by atoms with Crippen LogP contribution in [0.2, 0.25) is 0 Å². The van der Waals surface area contributed by atoms with Gasteiger partial charge in [-0.2, -0.15) is 0 Å². The third-order valence-corrected chi connectivity index (χ3v) is 4.91. The molecule has 0 amide bonds. The zero-order valence-electron chi connectivity index (χ0n) is 18.3. The summed E-state index contributed by atoms with van der Waals surface area (Å²) in [6.45, 7) is 0.815. The average Bonchev–Trinajstić information content (AvgIpc) is 2.84. The number of hydrogen-bond donors (Lipinski definition) is 2. The molecule has 0 saturated carbocycles. The molecule has 0 bridgehead atoms. The van der Waals surface area contributed by atoms with E-state index in [9.17, 15) is 14.7 Å². The second-order valence-electron chi connectivity index (χ2n) is 7.31. The lowest BCUT2D eigenvalue weighted by Crippen LogP contribution is -2.21. The highest BCUT2D eigenvalue weighted by Crippen LogP contribution is 2.28. The number of methoxy groups -OCH3 is 1. The Morgan fingerprint density at radius 1 is 0.848 bits per heavy atom. The summed E-state index contributed by atoms with van der Waals surface area (Å²) in [5.74, 6) is 0.345. The number of rotatable bonds is 12. The highest BCUT2D eigenvalue weighted by Gasteiger charge is 2.15. The Balaban J connectivity index is 1.45. The number of ketones is 1. The van der Waals surface area contributed by atoms with Crippen molar-refractivity contribution in [3.8, 4) is 17.2 Å². The van der Waals surface area contributed by atoms with Crippen molar-refractivity contribution in [3.63, 3.8) is 0 Å². The van der Waals surface area contributed by atoms with E-state index in [0.29, 0.717) is 53.6 Å². The second kappa shape index (κ2) is 11.7. The summed E-state index contributed by atoms with van der Waals surface area (Å²) in [5, 5.41) is 18.3. The monoisotopic (exact) mass is 450 g/mol. The van der Waals surface area contributed by atoms with Crippen LogP contribution >= 0.6 is 0 Å². The maximum absolute atomic E-state index is 12.4. The van der Waals surface area contributed by atoms with Crippen LogP contribution in [0.15, 0.2) is 72.8 Å². The van der Waals surface area contributed by atoms with Crippen molar-refractivity contribution in [1.82, 2.24) is 0 Å². The molecule has 7 heteroatoms. The molecular formula is C26H26O7. The topological polar surface area (TPSA) is 102 Å². The molecular weight excluding hydrogens is 424 g/mol. The predicted octanol–water partition coefficient (Wildman–Crippen LogP) is 3.76. The van der Waals surface area contributed by atoms with Gasteiger partial charge in [-0.3, -0.25) is 4.79 Å². The van der Waals surface area contributed by atoms with E-state index >= 15 is 0 Å². The number of aliphatic hydroxyl groups excluding tert-OH is 1. The molecule has 0 unspecified atom stereocenters. The summed E-state index contributed by atoms with van der Waals surface area (Å²) in [7, 11) is 1.49. The van der Waals surface area contributed by atoms with Crippen LogP contribution in [0.3, 0.4) is 0 Å². The van der Waals surface area contributed by atoms with Gasteiger partial charge in [-0.25, -0.2) is 4.79 Å². The van der Waals surface area contributed by atoms with E-state index in [-0.39, 0.29) is 12.2 Å². The third kappa shape index (κ3) is 6.82. The van der Waals surface area contributed by atoms with Crippen molar-refractivity contribution in [2.24, 2.45) is 0 Å². The number of benzene rings is 3. The van der Waals surface area contributed by atoms with Crippen LogP contribution in [-0.4, -0.2) is 48.4 Å². The molecule has 0 saturated heterocycles. The van der Waals surface area contributed by atoms with Gasteiger partial charge in [0.25, 0.3) is 0 Å². The van der Waals surface area contributed by atoms with Crippen LogP contribution in [0.25, 0.3) is 0 Å². The summed E-state index contributed by atoms with van der Waals surface area (Å²) in [5.41, 5.74) is 1.87. The van der Waals surface area contributed by atoms with Gasteiger partial charge in [-0.05, 0) is 42.0 Å². The molecule has 0 aromatic heterocycles. The number of hydrogen-bond acceptors (Lipinski definition) is 6. The van der Waals surface area contributed by atoms with Crippen LogP contribution in [0, 0.1) is 0 Å². The molecule has 2 N–H and O–H groups in total. The lowest BCUT2D eigenvalue weighted by Gasteiger charge is -2.13. The summed E-state index contributed by atoms with van der Waals surface area (Å²) in [4.78, 5) is 23.2. The fourth-order valence-electron chi connectivity index (χ4n) is 3.16. The Morgan fingerprint density at radius 2 is 1.52 bits per heavy atom. The van der Waals surface area contributed by atoms with Crippen LogP contribution < -0.4 is 14.2 Å². The molecule has 33 heavy (non-hydrogen) atoms. The maximum atomic E-state index is 12.4. The Morgan fingerprint density at radius 3 is 2.18 bits per heavy atom. The van der Waals surface area contributed by atoms with Gasteiger partial charge in [-0.15, -0.1) is 0 Å². The van der Waals surface area contributed by atoms with Gasteiger partial charge in [0.05, 0.1) is 20.3 Å². The van der Waals surface area contributed by atoms with Crippen LogP contribution in [-0.2, 0) is 11.2 Å². The average molecular weight is 450 g/mol. The third-order valence-electron chi connectivity index (χ3n) is 4.91. The zero-order valence-corrected chi connectivity index (χ0v) is 18.3. The number of ether oxygens (including phenoxy) is 3. The Hall–Kier alpha value is -3.84. The SMILES string of the molecule is COc1cc(C[C@H](O)C(=O)O)ccc1OCCCOc1ccc(C(=O)c2ccccc2)cc1. The Bertz CT molecular complexity index is 1060. The van der Waals surface area contributed by atoms with Gasteiger partial charge in [0.1, 0.15) is 5.75 Å². The van der Waals surface area contributed by atoms with E-state index in [1.165, 1.54) is 7.11 Å². The van der Waals surface area contributed by atoms with Gasteiger partial charge in [0.15, 0.2) is 23.4 Å². The smallest absolute Gasteiger partial charge is 0.332 e. The lowest BCUT2D eigenvalue weighted by atomic mass is 10.0. The quantitative estimate of drug-likeness (QED) is 0.320. The summed E-state index contributed by atoms with van der Waals surface area (Å²) in [6.07, 6.45) is -0.868. The van der Waals surface area contributed by atoms with E-state index in [1.54, 1.807) is 54.6 Å². The predicted molar refractivity (Wildman–Crippen MR) is 122 cm³/mol. The molecule has 3 aromatic carbocycles. The van der Waals surface area contributed by atoms with Crippen molar-refractivity contribution >= 4 is 11.8 Å². The van der Waals surface area contributed by atoms with Crippen LogP contribution in [0.4, 0.5) is 0 Å². The summed E-state index contributed by atoms with van der Waals surface area (Å²) in [6, 6.07) is 21.2. The summed E-state index contributed by atoms with van der Waals surface area (Å²) < 4.78 is 16.8. The highest BCUT2D eigenvalue weighted by molar-refractivity contribution is 6.08. The number of carbonyl (C=O) groups excluding carboxylic acids is 1. The van der Waals surface area contributed by atoms with E-state index < -0.39 is 12.1 Å². The van der Waals surface area contributed by atoms with Gasteiger partial charge in [0, 0.05) is 24.0 Å². The highest BCUT2D eigenvalue weighted by atomic mass is 16.5. The molecule has 0 spiro atoms. The van der Waals surface area contributed by atoms with Crippen molar-refractivity contribution in [3.05, 3.63) is 89.5 Å². The molecule has 172 valence electrons. The number of aliphatic carboxylic acids is 1. The number of carbonyl (C=O) groups is 2. The standard InChI is InChI=1S/C26H26O7/c1-31-24-17-18(16-22(27)26(29)30)8-13-23(24)33-15-5-14-32-21-11-9-20(10-12-21)25(28)19-6-3-2-4-7-19/h2-4,6-13,17,22,27H,5,14-16H2,1H3,(H,29,30)/t22-/m0/s1. The van der Waals surface area contributed by atoms with Crippen molar-refractivity contribution in [2.75, 3.05) is 20.3 Å². The first-order valence-corrected chi connectivity index (χ1v) is 10.5. The lowest BCUT2D eigenvalue weighted by molar-refractivity contribution is -0.146. The first-order chi connectivity index (χ1) is 16.0. The fourth-order valence-corrected chi connectivity index (χ4v) is 3.16. The Labute approximate surface area is 192 Å².